The summed E-state index contributed by atoms with van der Waals surface area (Å²) in [7, 11) is -3.64. The standard InChI is InChI=1S/C11H16BrCl2NO2S2/c1-3-4-5-6-7(2)15-19(16,17)9-8(12)10(13)18-11(9)14/h7,15H,3-6H2,1-2H3. The Labute approximate surface area is 136 Å². The second kappa shape index (κ2) is 7.61. The minimum atomic E-state index is -3.64. The maximum atomic E-state index is 12.3. The Balaban J connectivity index is 2.81. The first-order valence-electron chi connectivity index (χ1n) is 5.95. The van der Waals surface area contributed by atoms with Crippen molar-refractivity contribution in [3.05, 3.63) is 13.1 Å². The molecule has 1 aromatic heterocycles. The van der Waals surface area contributed by atoms with Gasteiger partial charge in [-0.15, -0.1) is 11.3 Å². The van der Waals surface area contributed by atoms with Crippen molar-refractivity contribution in [1.29, 1.82) is 0 Å². The zero-order chi connectivity index (χ0) is 14.6. The Bertz CT molecular complexity index is 531. The van der Waals surface area contributed by atoms with Gasteiger partial charge < -0.3 is 0 Å². The fourth-order valence-electron chi connectivity index (χ4n) is 1.65. The lowest BCUT2D eigenvalue weighted by atomic mass is 10.1. The van der Waals surface area contributed by atoms with Crippen molar-refractivity contribution < 1.29 is 8.42 Å². The zero-order valence-electron chi connectivity index (χ0n) is 10.7. The fraction of sp³-hybridized carbons (Fsp3) is 0.636. The van der Waals surface area contributed by atoms with Gasteiger partial charge in [0.25, 0.3) is 0 Å². The van der Waals surface area contributed by atoms with Gasteiger partial charge in [-0.3, -0.25) is 0 Å². The molecule has 0 aromatic carbocycles. The van der Waals surface area contributed by atoms with Crippen LogP contribution in [-0.4, -0.2) is 14.5 Å². The third-order valence-electron chi connectivity index (χ3n) is 2.60. The van der Waals surface area contributed by atoms with E-state index in [2.05, 4.69) is 27.6 Å². The van der Waals surface area contributed by atoms with E-state index in [9.17, 15) is 8.42 Å². The Kier molecular flexibility index (Phi) is 7.10. The molecular weight excluding hydrogens is 393 g/mol. The van der Waals surface area contributed by atoms with E-state index in [1.54, 1.807) is 0 Å². The first kappa shape index (κ1) is 17.7. The van der Waals surface area contributed by atoms with Crippen LogP contribution in [0.2, 0.25) is 8.67 Å². The first-order valence-corrected chi connectivity index (χ1v) is 9.80. The minimum absolute atomic E-state index is 0.0338. The maximum Gasteiger partial charge on any atom is 0.244 e. The van der Waals surface area contributed by atoms with Crippen LogP contribution in [-0.2, 0) is 10.0 Å². The van der Waals surface area contributed by atoms with Crippen LogP contribution in [0.4, 0.5) is 0 Å². The number of halogens is 3. The Hall–Kier alpha value is 0.670. The molecule has 1 N–H and O–H groups in total. The molecule has 0 bridgehead atoms. The molecule has 1 rings (SSSR count). The number of hydrogen-bond donors (Lipinski definition) is 1. The minimum Gasteiger partial charge on any atom is -0.208 e. The summed E-state index contributed by atoms with van der Waals surface area (Å²) in [5.41, 5.74) is 0. The molecule has 0 fully saturated rings. The highest BCUT2D eigenvalue weighted by Crippen LogP contribution is 2.42. The SMILES string of the molecule is CCCCCC(C)NS(=O)(=O)c1c(Cl)sc(Cl)c1Br. The van der Waals surface area contributed by atoms with Gasteiger partial charge in [-0.2, -0.15) is 0 Å². The number of unbranched alkanes of at least 4 members (excludes halogenated alkanes) is 2. The Morgan fingerprint density at radius 1 is 1.32 bits per heavy atom. The highest BCUT2D eigenvalue weighted by molar-refractivity contribution is 9.10. The molecule has 1 atom stereocenters. The van der Waals surface area contributed by atoms with E-state index in [0.717, 1.165) is 37.0 Å². The van der Waals surface area contributed by atoms with Crippen LogP contribution in [0, 0.1) is 0 Å². The number of thiophene rings is 1. The predicted octanol–water partition coefficient (Wildman–Crippen LogP) is 5.06. The molecule has 19 heavy (non-hydrogen) atoms. The molecule has 110 valence electrons. The topological polar surface area (TPSA) is 46.2 Å². The molecule has 0 radical (unpaired) electrons. The molecular formula is C11H16BrCl2NO2S2. The Morgan fingerprint density at radius 2 is 1.95 bits per heavy atom. The van der Waals surface area contributed by atoms with Gasteiger partial charge in [0.2, 0.25) is 10.0 Å². The summed E-state index contributed by atoms with van der Waals surface area (Å²) in [6, 6.07) is -0.127. The number of hydrogen-bond acceptors (Lipinski definition) is 3. The largest absolute Gasteiger partial charge is 0.244 e. The van der Waals surface area contributed by atoms with Gasteiger partial charge in [-0.25, -0.2) is 13.1 Å². The smallest absolute Gasteiger partial charge is 0.208 e. The molecule has 3 nitrogen and oxygen atoms in total. The molecule has 0 aliphatic rings. The van der Waals surface area contributed by atoms with Crippen LogP contribution in [0.5, 0.6) is 0 Å². The van der Waals surface area contributed by atoms with Gasteiger partial charge in [0.1, 0.15) is 13.6 Å². The number of sulfonamides is 1. The van der Waals surface area contributed by atoms with Gasteiger partial charge in [-0.1, -0.05) is 49.4 Å². The van der Waals surface area contributed by atoms with Gasteiger partial charge in [-0.05, 0) is 29.3 Å². The predicted molar refractivity (Wildman–Crippen MR) is 86.0 cm³/mol. The molecule has 0 spiro atoms. The zero-order valence-corrected chi connectivity index (χ0v) is 15.4. The van der Waals surface area contributed by atoms with Crippen molar-refractivity contribution in [3.8, 4) is 0 Å². The third-order valence-corrected chi connectivity index (χ3v) is 7.65. The van der Waals surface area contributed by atoms with Crippen LogP contribution in [0.15, 0.2) is 9.37 Å². The molecule has 0 saturated heterocycles. The van der Waals surface area contributed by atoms with Crippen molar-refractivity contribution in [1.82, 2.24) is 4.72 Å². The van der Waals surface area contributed by atoms with Gasteiger partial charge in [0.15, 0.2) is 0 Å². The molecule has 0 aliphatic heterocycles. The Morgan fingerprint density at radius 3 is 2.42 bits per heavy atom. The van der Waals surface area contributed by atoms with E-state index >= 15 is 0 Å². The number of nitrogens with one attached hydrogen (secondary N) is 1. The van der Waals surface area contributed by atoms with Gasteiger partial charge >= 0.3 is 0 Å². The first-order chi connectivity index (χ1) is 8.79. The average molecular weight is 409 g/mol. The molecule has 0 aliphatic carbocycles. The summed E-state index contributed by atoms with van der Waals surface area (Å²) in [5, 5.41) is 0. The van der Waals surface area contributed by atoms with E-state index in [4.69, 9.17) is 23.2 Å². The van der Waals surface area contributed by atoms with Crippen molar-refractivity contribution in [2.75, 3.05) is 0 Å². The second-order valence-electron chi connectivity index (χ2n) is 4.31. The van der Waals surface area contributed by atoms with Crippen molar-refractivity contribution in [3.63, 3.8) is 0 Å². The van der Waals surface area contributed by atoms with Gasteiger partial charge in [0, 0.05) is 6.04 Å². The lowest BCUT2D eigenvalue weighted by Crippen LogP contribution is -2.32. The third kappa shape index (κ3) is 4.86. The summed E-state index contributed by atoms with van der Waals surface area (Å²) < 4.78 is 28.0. The molecule has 0 amide bonds. The lowest BCUT2D eigenvalue weighted by molar-refractivity contribution is 0.527. The second-order valence-corrected chi connectivity index (χ2v) is 8.98. The molecule has 1 unspecified atom stereocenters. The van der Waals surface area contributed by atoms with Crippen LogP contribution >= 0.6 is 50.5 Å². The quantitative estimate of drug-likeness (QED) is 0.640. The van der Waals surface area contributed by atoms with Crippen molar-refractivity contribution >= 4 is 60.5 Å². The van der Waals surface area contributed by atoms with E-state index in [0.29, 0.717) is 8.81 Å². The van der Waals surface area contributed by atoms with E-state index < -0.39 is 10.0 Å². The van der Waals surface area contributed by atoms with E-state index in [1.165, 1.54) is 0 Å². The van der Waals surface area contributed by atoms with Crippen LogP contribution in [0.25, 0.3) is 0 Å². The van der Waals surface area contributed by atoms with Crippen LogP contribution in [0.1, 0.15) is 39.5 Å². The van der Waals surface area contributed by atoms with E-state index in [1.807, 2.05) is 6.92 Å². The van der Waals surface area contributed by atoms with Crippen molar-refractivity contribution in [2.24, 2.45) is 0 Å². The van der Waals surface area contributed by atoms with Crippen LogP contribution in [0.3, 0.4) is 0 Å². The highest BCUT2D eigenvalue weighted by Gasteiger charge is 2.27. The molecule has 8 heteroatoms. The molecule has 0 saturated carbocycles. The number of rotatable bonds is 7. The van der Waals surface area contributed by atoms with E-state index in [-0.39, 0.29) is 15.3 Å². The summed E-state index contributed by atoms with van der Waals surface area (Å²) in [4.78, 5) is 0.0338. The monoisotopic (exact) mass is 407 g/mol. The highest BCUT2D eigenvalue weighted by atomic mass is 79.9. The summed E-state index contributed by atoms with van der Waals surface area (Å²) in [6.45, 7) is 3.96. The summed E-state index contributed by atoms with van der Waals surface area (Å²) in [6.07, 6.45) is 4.01. The maximum absolute atomic E-state index is 12.3. The lowest BCUT2D eigenvalue weighted by Gasteiger charge is -2.14. The molecule has 1 aromatic rings. The van der Waals surface area contributed by atoms with Gasteiger partial charge in [0.05, 0.1) is 4.47 Å². The van der Waals surface area contributed by atoms with Crippen LogP contribution < -0.4 is 4.72 Å². The average Bonchev–Trinajstić information content (AvgIpc) is 2.52. The molecule has 1 heterocycles. The normalized spacial score (nSPS) is 13.7. The fourth-order valence-corrected chi connectivity index (χ4v) is 6.49. The summed E-state index contributed by atoms with van der Waals surface area (Å²) >= 11 is 16.0. The van der Waals surface area contributed by atoms with Crippen molar-refractivity contribution in [2.45, 2.75) is 50.5 Å². The summed E-state index contributed by atoms with van der Waals surface area (Å²) in [5.74, 6) is 0.